The summed E-state index contributed by atoms with van der Waals surface area (Å²) in [5.41, 5.74) is 6.28. The van der Waals surface area contributed by atoms with Crippen LogP contribution in [-0.2, 0) is 0 Å². The Hall–Kier alpha value is -7.21. The fourth-order valence-electron chi connectivity index (χ4n) is 8.54. The molecule has 0 aliphatic heterocycles. The summed E-state index contributed by atoms with van der Waals surface area (Å²) in [6.45, 7) is 4.25. The van der Waals surface area contributed by atoms with E-state index in [9.17, 15) is 0 Å². The van der Waals surface area contributed by atoms with Crippen LogP contribution in [-0.4, -0.2) is 19.5 Å². The van der Waals surface area contributed by atoms with Gasteiger partial charge in [-0.1, -0.05) is 172 Å². The standard InChI is InChI=1S/C51H30N4S.C3H8/c1-2-13-33(14-3-1)49-52-50(38-22-21-31-11-4-5-15-34(31)27-38)54-51(53-49)55-44-29-36-17-7-6-16-35(36)28-43(44)41-20-10-19-40(48(41)55)37-23-25-42-46(30-37)56-45-26-24-32-12-8-9-18-39(32)47(42)45;1-3-2/h1-30H;3H2,1-2H3. The first kappa shape index (κ1) is 35.0. The van der Waals surface area contributed by atoms with Crippen molar-refractivity contribution in [3.05, 3.63) is 182 Å². The fraction of sp³-hybridized carbons (Fsp3) is 0.0556. The predicted molar refractivity (Wildman–Crippen MR) is 252 cm³/mol. The molecule has 0 amide bonds. The molecular weight excluding hydrogens is 737 g/mol. The highest BCUT2D eigenvalue weighted by atomic mass is 32.1. The maximum atomic E-state index is 5.34. The molecule has 0 saturated heterocycles. The zero-order valence-corrected chi connectivity index (χ0v) is 33.5. The molecule has 0 aliphatic rings. The van der Waals surface area contributed by atoms with E-state index in [2.05, 4.69) is 182 Å². The highest BCUT2D eigenvalue weighted by molar-refractivity contribution is 7.26. The molecule has 0 spiro atoms. The predicted octanol–water partition coefficient (Wildman–Crippen LogP) is 15.2. The van der Waals surface area contributed by atoms with E-state index in [4.69, 9.17) is 15.0 Å². The topological polar surface area (TPSA) is 43.6 Å². The summed E-state index contributed by atoms with van der Waals surface area (Å²) in [4.78, 5) is 15.8. The highest BCUT2D eigenvalue weighted by Gasteiger charge is 2.22. The molecule has 3 heterocycles. The second-order valence-corrected chi connectivity index (χ2v) is 16.2. The Labute approximate surface area is 345 Å². The van der Waals surface area contributed by atoms with E-state index in [1.54, 1.807) is 0 Å². The van der Waals surface area contributed by atoms with Crippen molar-refractivity contribution in [2.45, 2.75) is 20.3 Å². The van der Waals surface area contributed by atoms with Crippen LogP contribution in [0.3, 0.4) is 0 Å². The molecule has 0 aliphatic carbocycles. The summed E-state index contributed by atoms with van der Waals surface area (Å²) < 4.78 is 4.84. The molecule has 0 atom stereocenters. The quantitative estimate of drug-likeness (QED) is 0.179. The molecule has 3 aromatic heterocycles. The van der Waals surface area contributed by atoms with Gasteiger partial charge in [-0.15, -0.1) is 11.3 Å². The average molecular weight is 775 g/mol. The maximum Gasteiger partial charge on any atom is 0.238 e. The number of thiophene rings is 1. The van der Waals surface area contributed by atoms with Crippen LogP contribution in [0.15, 0.2) is 182 Å². The molecule has 280 valence electrons. The van der Waals surface area contributed by atoms with Crippen LogP contribution in [0.4, 0.5) is 0 Å². The molecule has 12 aromatic rings. The first-order valence-corrected chi connectivity index (χ1v) is 21.1. The van der Waals surface area contributed by atoms with Gasteiger partial charge in [-0.25, -0.2) is 4.98 Å². The van der Waals surface area contributed by atoms with Crippen LogP contribution in [0.1, 0.15) is 20.3 Å². The Morgan fingerprint density at radius 1 is 0.424 bits per heavy atom. The van der Waals surface area contributed by atoms with Gasteiger partial charge in [0.2, 0.25) is 5.95 Å². The Bertz CT molecular complexity index is 3560. The van der Waals surface area contributed by atoms with E-state index in [1.807, 2.05) is 29.5 Å². The lowest BCUT2D eigenvalue weighted by Gasteiger charge is -2.13. The van der Waals surface area contributed by atoms with Crippen LogP contribution < -0.4 is 0 Å². The molecule has 59 heavy (non-hydrogen) atoms. The Balaban J connectivity index is 0.00000129. The summed E-state index contributed by atoms with van der Waals surface area (Å²) in [5.74, 6) is 1.84. The number of para-hydroxylation sites is 1. The lowest BCUT2D eigenvalue weighted by Crippen LogP contribution is -2.07. The zero-order chi connectivity index (χ0) is 39.5. The van der Waals surface area contributed by atoms with Crippen LogP contribution in [0.2, 0.25) is 0 Å². The van der Waals surface area contributed by atoms with Crippen LogP contribution in [0.5, 0.6) is 0 Å². The Morgan fingerprint density at radius 3 is 1.85 bits per heavy atom. The van der Waals surface area contributed by atoms with Gasteiger partial charge in [-0.3, -0.25) is 4.57 Å². The third-order valence-electron chi connectivity index (χ3n) is 11.2. The number of rotatable bonds is 4. The first-order chi connectivity index (χ1) is 29.1. The van der Waals surface area contributed by atoms with Crippen LogP contribution in [0, 0.1) is 0 Å². The van der Waals surface area contributed by atoms with Crippen LogP contribution >= 0.6 is 11.3 Å². The van der Waals surface area contributed by atoms with Gasteiger partial charge in [0.1, 0.15) is 0 Å². The smallest absolute Gasteiger partial charge is 0.238 e. The minimum Gasteiger partial charge on any atom is -0.277 e. The summed E-state index contributed by atoms with van der Waals surface area (Å²) in [6, 6.07) is 65.1. The summed E-state index contributed by atoms with van der Waals surface area (Å²) in [7, 11) is 0. The second-order valence-electron chi connectivity index (χ2n) is 15.1. The monoisotopic (exact) mass is 774 g/mol. The Morgan fingerprint density at radius 2 is 1.05 bits per heavy atom. The van der Waals surface area contributed by atoms with Gasteiger partial charge >= 0.3 is 0 Å². The van der Waals surface area contributed by atoms with E-state index in [0.717, 1.165) is 54.8 Å². The largest absolute Gasteiger partial charge is 0.277 e. The van der Waals surface area contributed by atoms with Crippen molar-refractivity contribution in [3.8, 4) is 39.9 Å². The molecule has 0 N–H and O–H groups in total. The minimum absolute atomic E-state index is 0.583. The van der Waals surface area contributed by atoms with Gasteiger partial charge in [0, 0.05) is 47.6 Å². The first-order valence-electron chi connectivity index (χ1n) is 20.3. The van der Waals surface area contributed by atoms with E-state index >= 15 is 0 Å². The van der Waals surface area contributed by atoms with Crippen molar-refractivity contribution >= 4 is 85.6 Å². The van der Waals surface area contributed by atoms with Crippen molar-refractivity contribution in [2.75, 3.05) is 0 Å². The van der Waals surface area contributed by atoms with Gasteiger partial charge in [0.15, 0.2) is 11.6 Å². The third kappa shape index (κ3) is 5.93. The number of hydrogen-bond acceptors (Lipinski definition) is 4. The Kier molecular flexibility index (Phi) is 8.49. The lowest BCUT2D eigenvalue weighted by atomic mass is 9.99. The SMILES string of the molecule is CCC.c1ccc(-c2nc(-c3ccc4ccccc4c3)nc(-n3c4cc5ccccc5cc4c4cccc(-c5ccc6c(c5)sc5ccc7ccccc7c56)c43)n2)cc1. The van der Waals surface area contributed by atoms with Crippen molar-refractivity contribution in [1.82, 2.24) is 19.5 Å². The lowest BCUT2D eigenvalue weighted by molar-refractivity contribution is 0.954. The average Bonchev–Trinajstić information content (AvgIpc) is 3.84. The molecule has 12 rings (SSSR count). The molecule has 0 bridgehead atoms. The normalized spacial score (nSPS) is 11.6. The van der Waals surface area contributed by atoms with Crippen molar-refractivity contribution in [3.63, 3.8) is 0 Å². The molecule has 0 saturated carbocycles. The summed E-state index contributed by atoms with van der Waals surface area (Å²) in [6.07, 6.45) is 1.25. The molecular formula is C54H38N4S. The minimum atomic E-state index is 0.583. The molecule has 0 radical (unpaired) electrons. The molecule has 0 unspecified atom stereocenters. The van der Waals surface area contributed by atoms with E-state index in [1.165, 1.54) is 48.1 Å². The van der Waals surface area contributed by atoms with Gasteiger partial charge < -0.3 is 0 Å². The zero-order valence-electron chi connectivity index (χ0n) is 32.7. The number of nitrogens with zero attached hydrogens (tertiary/aromatic N) is 4. The van der Waals surface area contributed by atoms with Crippen LogP contribution in [0.25, 0.3) is 114 Å². The summed E-state index contributed by atoms with van der Waals surface area (Å²) >= 11 is 1.86. The fourth-order valence-corrected chi connectivity index (χ4v) is 9.71. The molecule has 9 aromatic carbocycles. The molecule has 0 fully saturated rings. The third-order valence-corrected chi connectivity index (χ3v) is 12.3. The van der Waals surface area contributed by atoms with Crippen molar-refractivity contribution < 1.29 is 0 Å². The molecule has 4 nitrogen and oxygen atoms in total. The van der Waals surface area contributed by atoms with E-state index in [0.29, 0.717) is 17.6 Å². The van der Waals surface area contributed by atoms with Gasteiger partial charge in [-0.2, -0.15) is 9.97 Å². The molecule has 5 heteroatoms. The van der Waals surface area contributed by atoms with Gasteiger partial charge in [-0.05, 0) is 68.2 Å². The summed E-state index contributed by atoms with van der Waals surface area (Å²) in [5, 5.41) is 12.2. The number of aromatic nitrogens is 4. The van der Waals surface area contributed by atoms with E-state index in [-0.39, 0.29) is 0 Å². The maximum absolute atomic E-state index is 5.34. The highest BCUT2D eigenvalue weighted by Crippen LogP contribution is 2.43. The van der Waals surface area contributed by atoms with Gasteiger partial charge in [0.05, 0.1) is 11.0 Å². The second kappa shape index (κ2) is 14.3. The van der Waals surface area contributed by atoms with Gasteiger partial charge in [0.25, 0.3) is 0 Å². The van der Waals surface area contributed by atoms with Crippen molar-refractivity contribution in [2.24, 2.45) is 0 Å². The number of fused-ring (bicyclic) bond motifs is 10. The van der Waals surface area contributed by atoms with Crippen molar-refractivity contribution in [1.29, 1.82) is 0 Å². The number of hydrogen-bond donors (Lipinski definition) is 0. The van der Waals surface area contributed by atoms with E-state index < -0.39 is 0 Å². The number of benzene rings is 9.